The molecule has 3 N–H and O–H groups in total. The third kappa shape index (κ3) is 3.54. The Morgan fingerprint density at radius 3 is 2.68 bits per heavy atom. The Hall–Kier alpha value is -3.02. The largest absolute Gasteiger partial charge is 0.399 e. The van der Waals surface area contributed by atoms with Gasteiger partial charge in [0, 0.05) is 18.8 Å². The van der Waals surface area contributed by atoms with Crippen LogP contribution >= 0.6 is 0 Å². The summed E-state index contributed by atoms with van der Waals surface area (Å²) in [7, 11) is 0. The molecule has 3 aromatic rings. The molecule has 2 heterocycles. The van der Waals surface area contributed by atoms with Gasteiger partial charge in [-0.1, -0.05) is 29.3 Å². The number of H-pyrrole nitrogens is 1. The van der Waals surface area contributed by atoms with Crippen molar-refractivity contribution in [2.24, 2.45) is 0 Å². The number of carbonyl (C=O) groups is 1. The number of likely N-dealkylation sites (tertiary alicyclic amines) is 1. The molecule has 1 aliphatic heterocycles. The Morgan fingerprint density at radius 2 is 1.93 bits per heavy atom. The second kappa shape index (κ2) is 7.19. The Balaban J connectivity index is 1.56. The summed E-state index contributed by atoms with van der Waals surface area (Å²) in [4.78, 5) is 30.3. The molecule has 0 aliphatic carbocycles. The zero-order chi connectivity index (χ0) is 19.8. The summed E-state index contributed by atoms with van der Waals surface area (Å²) in [5.41, 5.74) is 11.4. The predicted octanol–water partition coefficient (Wildman–Crippen LogP) is 2.93. The summed E-state index contributed by atoms with van der Waals surface area (Å²) in [6.07, 6.45) is 2.14. The maximum atomic E-state index is 12.9. The van der Waals surface area contributed by atoms with Gasteiger partial charge in [0.2, 0.25) is 5.91 Å². The van der Waals surface area contributed by atoms with Gasteiger partial charge in [0.25, 0.3) is 0 Å². The minimum Gasteiger partial charge on any atom is -0.399 e. The van der Waals surface area contributed by atoms with E-state index in [1.807, 2.05) is 30.9 Å². The summed E-state index contributed by atoms with van der Waals surface area (Å²) < 4.78 is 1.77. The van der Waals surface area contributed by atoms with Gasteiger partial charge in [0.05, 0.1) is 23.5 Å². The normalized spacial score (nSPS) is 17.2. The van der Waals surface area contributed by atoms with Crippen LogP contribution in [0.25, 0.3) is 11.0 Å². The van der Waals surface area contributed by atoms with E-state index in [4.69, 9.17) is 5.73 Å². The molecular weight excluding hydrogens is 352 g/mol. The second-order valence-corrected chi connectivity index (χ2v) is 7.89. The zero-order valence-corrected chi connectivity index (χ0v) is 16.4. The number of nitrogen functional groups attached to an aromatic ring is 1. The average molecular weight is 378 g/mol. The smallest absolute Gasteiger partial charge is 0.326 e. The fourth-order valence-electron chi connectivity index (χ4n) is 4.35. The summed E-state index contributed by atoms with van der Waals surface area (Å²) in [5, 5.41) is 0. The predicted molar refractivity (Wildman–Crippen MR) is 111 cm³/mol. The SMILES string of the molecule is Cc1cc(C)cc(CC(=O)N2CCC[C@H](n3c(=O)[nH]c4ccc(N)cc43)C2)c1. The topological polar surface area (TPSA) is 84.1 Å². The van der Waals surface area contributed by atoms with E-state index in [1.54, 1.807) is 10.6 Å². The lowest BCUT2D eigenvalue weighted by Crippen LogP contribution is -2.43. The lowest BCUT2D eigenvalue weighted by atomic mass is 10.0. The van der Waals surface area contributed by atoms with Crippen molar-refractivity contribution in [1.82, 2.24) is 14.5 Å². The van der Waals surface area contributed by atoms with Crippen molar-refractivity contribution in [1.29, 1.82) is 0 Å². The van der Waals surface area contributed by atoms with E-state index < -0.39 is 0 Å². The molecule has 1 saturated heterocycles. The number of imidazole rings is 1. The van der Waals surface area contributed by atoms with Gasteiger partial charge in [-0.25, -0.2) is 4.79 Å². The van der Waals surface area contributed by atoms with Gasteiger partial charge < -0.3 is 15.6 Å². The highest BCUT2D eigenvalue weighted by Gasteiger charge is 2.27. The Bertz CT molecular complexity index is 1080. The number of anilines is 1. The van der Waals surface area contributed by atoms with Gasteiger partial charge in [-0.05, 0) is 50.5 Å². The molecule has 0 unspecified atom stereocenters. The summed E-state index contributed by atoms with van der Waals surface area (Å²) in [5.74, 6) is 0.113. The Labute approximate surface area is 164 Å². The molecule has 0 radical (unpaired) electrons. The highest BCUT2D eigenvalue weighted by atomic mass is 16.2. The number of carbonyl (C=O) groups excluding carboxylic acids is 1. The van der Waals surface area contributed by atoms with Crippen LogP contribution in [0.3, 0.4) is 0 Å². The number of fused-ring (bicyclic) bond motifs is 1. The van der Waals surface area contributed by atoms with Crippen LogP contribution in [-0.2, 0) is 11.2 Å². The van der Waals surface area contributed by atoms with E-state index in [2.05, 4.69) is 23.2 Å². The Morgan fingerprint density at radius 1 is 1.18 bits per heavy atom. The van der Waals surface area contributed by atoms with E-state index in [9.17, 15) is 9.59 Å². The number of rotatable bonds is 3. The lowest BCUT2D eigenvalue weighted by molar-refractivity contribution is -0.132. The monoisotopic (exact) mass is 378 g/mol. The number of nitrogens with one attached hydrogen (secondary N) is 1. The zero-order valence-electron chi connectivity index (χ0n) is 16.4. The van der Waals surface area contributed by atoms with Crippen molar-refractivity contribution in [3.05, 3.63) is 63.6 Å². The van der Waals surface area contributed by atoms with E-state index in [1.165, 1.54) is 11.1 Å². The van der Waals surface area contributed by atoms with E-state index >= 15 is 0 Å². The highest BCUT2D eigenvalue weighted by Crippen LogP contribution is 2.25. The molecule has 28 heavy (non-hydrogen) atoms. The molecule has 4 rings (SSSR count). The maximum Gasteiger partial charge on any atom is 0.326 e. The average Bonchev–Trinajstić information content (AvgIpc) is 2.96. The van der Waals surface area contributed by atoms with Crippen molar-refractivity contribution in [2.45, 2.75) is 39.2 Å². The van der Waals surface area contributed by atoms with E-state index in [-0.39, 0.29) is 17.6 Å². The van der Waals surface area contributed by atoms with Crippen molar-refractivity contribution in [3.8, 4) is 0 Å². The minimum absolute atomic E-state index is 0.0417. The van der Waals surface area contributed by atoms with Crippen LogP contribution in [0.15, 0.2) is 41.2 Å². The first-order chi connectivity index (χ1) is 13.4. The third-order valence-corrected chi connectivity index (χ3v) is 5.49. The van der Waals surface area contributed by atoms with Crippen LogP contribution in [-0.4, -0.2) is 33.4 Å². The number of benzene rings is 2. The molecular formula is C22H26N4O2. The van der Waals surface area contributed by atoms with Crippen molar-refractivity contribution >= 4 is 22.6 Å². The Kier molecular flexibility index (Phi) is 4.71. The molecule has 1 aliphatic rings. The molecule has 1 aromatic heterocycles. The molecule has 146 valence electrons. The second-order valence-electron chi connectivity index (χ2n) is 7.89. The number of piperidine rings is 1. The van der Waals surface area contributed by atoms with Crippen LogP contribution in [0.1, 0.15) is 35.6 Å². The third-order valence-electron chi connectivity index (χ3n) is 5.49. The summed E-state index contributed by atoms with van der Waals surface area (Å²) in [6.45, 7) is 5.38. The van der Waals surface area contributed by atoms with Gasteiger partial charge in [-0.3, -0.25) is 9.36 Å². The number of hydrogen-bond donors (Lipinski definition) is 2. The molecule has 1 atom stereocenters. The van der Waals surface area contributed by atoms with Gasteiger partial charge in [-0.2, -0.15) is 0 Å². The van der Waals surface area contributed by atoms with Crippen molar-refractivity contribution in [2.75, 3.05) is 18.8 Å². The van der Waals surface area contributed by atoms with Crippen LogP contribution < -0.4 is 11.4 Å². The molecule has 1 fully saturated rings. The number of amides is 1. The molecule has 6 nitrogen and oxygen atoms in total. The van der Waals surface area contributed by atoms with Gasteiger partial charge in [-0.15, -0.1) is 0 Å². The first-order valence-corrected chi connectivity index (χ1v) is 9.75. The quantitative estimate of drug-likeness (QED) is 0.687. The van der Waals surface area contributed by atoms with Gasteiger partial charge in [0.15, 0.2) is 0 Å². The van der Waals surface area contributed by atoms with Gasteiger partial charge >= 0.3 is 5.69 Å². The minimum atomic E-state index is -0.144. The van der Waals surface area contributed by atoms with Crippen LogP contribution in [0, 0.1) is 13.8 Å². The number of aromatic nitrogens is 2. The fraction of sp³-hybridized carbons (Fsp3) is 0.364. The number of aromatic amines is 1. The number of aryl methyl sites for hydroxylation is 2. The van der Waals surface area contributed by atoms with Crippen LogP contribution in [0.4, 0.5) is 5.69 Å². The standard InChI is InChI=1S/C22H26N4O2/c1-14-8-15(2)10-16(9-14)11-21(27)25-7-3-4-18(13-25)26-20-12-17(23)5-6-19(20)24-22(26)28/h5-6,8-10,12,18H,3-4,7,11,13,23H2,1-2H3,(H,24,28)/t18-/m0/s1. The number of hydrogen-bond acceptors (Lipinski definition) is 3. The molecule has 6 heteroatoms. The van der Waals surface area contributed by atoms with Crippen molar-refractivity contribution in [3.63, 3.8) is 0 Å². The molecule has 0 bridgehead atoms. The molecule has 0 spiro atoms. The number of nitrogens with zero attached hydrogens (tertiary/aromatic N) is 2. The number of nitrogens with two attached hydrogens (primary N) is 1. The van der Waals surface area contributed by atoms with E-state index in [0.717, 1.165) is 36.0 Å². The summed E-state index contributed by atoms with van der Waals surface area (Å²) >= 11 is 0. The van der Waals surface area contributed by atoms with Crippen molar-refractivity contribution < 1.29 is 4.79 Å². The first-order valence-electron chi connectivity index (χ1n) is 9.75. The molecule has 1 amide bonds. The van der Waals surface area contributed by atoms with Crippen LogP contribution in [0.5, 0.6) is 0 Å². The van der Waals surface area contributed by atoms with Crippen LogP contribution in [0.2, 0.25) is 0 Å². The maximum absolute atomic E-state index is 12.9. The molecule has 2 aromatic carbocycles. The molecule has 0 saturated carbocycles. The first kappa shape index (κ1) is 18.3. The van der Waals surface area contributed by atoms with Gasteiger partial charge in [0.1, 0.15) is 0 Å². The fourth-order valence-corrected chi connectivity index (χ4v) is 4.35. The lowest BCUT2D eigenvalue weighted by Gasteiger charge is -2.33. The summed E-state index contributed by atoms with van der Waals surface area (Å²) in [6, 6.07) is 11.6. The van der Waals surface area contributed by atoms with E-state index in [0.29, 0.717) is 18.7 Å². The highest BCUT2D eigenvalue weighted by molar-refractivity contribution is 5.80.